The molecular weight excluding hydrogens is 345 g/mol. The van der Waals surface area contributed by atoms with E-state index in [-0.39, 0.29) is 0 Å². The number of aromatic nitrogens is 1. The number of carbonyl (C=O) groups is 1. The van der Waals surface area contributed by atoms with E-state index in [1.54, 1.807) is 19.1 Å². The maximum atomic E-state index is 12.4. The van der Waals surface area contributed by atoms with Crippen LogP contribution in [0.15, 0.2) is 54.6 Å². The van der Waals surface area contributed by atoms with Gasteiger partial charge in [0.2, 0.25) is 0 Å². The van der Waals surface area contributed by atoms with Gasteiger partial charge in [-0.3, -0.25) is 0 Å². The van der Waals surface area contributed by atoms with E-state index in [1.165, 1.54) is 0 Å². The molecular formula is C19H15Cl2NO2. The van der Waals surface area contributed by atoms with Crippen LogP contribution in [0.5, 0.6) is 0 Å². The molecule has 3 aromatic rings. The number of esters is 1. The second-order valence-corrected chi connectivity index (χ2v) is 5.94. The number of aromatic amines is 1. The van der Waals surface area contributed by atoms with Crippen LogP contribution in [0.4, 0.5) is 0 Å². The summed E-state index contributed by atoms with van der Waals surface area (Å²) >= 11 is 12.5. The maximum Gasteiger partial charge on any atom is 0.355 e. The monoisotopic (exact) mass is 359 g/mol. The Labute approximate surface area is 150 Å². The highest BCUT2D eigenvalue weighted by Crippen LogP contribution is 2.37. The summed E-state index contributed by atoms with van der Waals surface area (Å²) in [4.78, 5) is 15.5. The predicted octanol–water partition coefficient (Wildman–Crippen LogP) is 5.83. The molecule has 0 amide bonds. The number of halogens is 2. The third kappa shape index (κ3) is 3.18. The third-order valence-corrected chi connectivity index (χ3v) is 4.44. The van der Waals surface area contributed by atoms with Gasteiger partial charge in [-0.05, 0) is 24.6 Å². The van der Waals surface area contributed by atoms with Crippen molar-refractivity contribution in [1.82, 2.24) is 4.98 Å². The molecule has 0 aliphatic rings. The fraction of sp³-hybridized carbons (Fsp3) is 0.105. The lowest BCUT2D eigenvalue weighted by atomic mass is 10.0. The van der Waals surface area contributed by atoms with Crippen molar-refractivity contribution in [3.63, 3.8) is 0 Å². The first kappa shape index (κ1) is 16.6. The smallest absolute Gasteiger partial charge is 0.355 e. The normalized spacial score (nSPS) is 10.6. The third-order valence-electron chi connectivity index (χ3n) is 3.62. The molecule has 3 nitrogen and oxygen atoms in total. The summed E-state index contributed by atoms with van der Waals surface area (Å²) in [6.45, 7) is 2.06. The Bertz CT molecular complexity index is 872. The van der Waals surface area contributed by atoms with Crippen molar-refractivity contribution in [2.75, 3.05) is 6.61 Å². The maximum absolute atomic E-state index is 12.4. The van der Waals surface area contributed by atoms with Crippen molar-refractivity contribution < 1.29 is 9.53 Å². The molecule has 24 heavy (non-hydrogen) atoms. The molecule has 0 saturated heterocycles. The minimum Gasteiger partial charge on any atom is -0.461 e. The SMILES string of the molecule is CCOC(=O)c1[nH]c(-c2ccccc2)cc1-c1cccc(Cl)c1Cl. The van der Waals surface area contributed by atoms with E-state index in [1.807, 2.05) is 42.5 Å². The molecule has 0 aliphatic heterocycles. The predicted molar refractivity (Wildman–Crippen MR) is 97.6 cm³/mol. The van der Waals surface area contributed by atoms with Gasteiger partial charge in [-0.25, -0.2) is 4.79 Å². The first-order valence-electron chi connectivity index (χ1n) is 7.51. The van der Waals surface area contributed by atoms with Crippen molar-refractivity contribution in [1.29, 1.82) is 0 Å². The quantitative estimate of drug-likeness (QED) is 0.595. The molecule has 1 heterocycles. The second-order valence-electron chi connectivity index (χ2n) is 5.16. The number of ether oxygens (including phenoxy) is 1. The molecule has 0 saturated carbocycles. The number of rotatable bonds is 4. The zero-order valence-electron chi connectivity index (χ0n) is 13.0. The summed E-state index contributed by atoms with van der Waals surface area (Å²) < 4.78 is 5.16. The van der Waals surface area contributed by atoms with Gasteiger partial charge in [0, 0.05) is 16.8 Å². The van der Waals surface area contributed by atoms with Gasteiger partial charge >= 0.3 is 5.97 Å². The van der Waals surface area contributed by atoms with Crippen LogP contribution < -0.4 is 0 Å². The number of H-pyrrole nitrogens is 1. The Hall–Kier alpha value is -2.23. The molecule has 1 aromatic heterocycles. The minimum absolute atomic E-state index is 0.293. The fourth-order valence-corrected chi connectivity index (χ4v) is 2.92. The molecule has 5 heteroatoms. The Morgan fingerprint density at radius 3 is 2.50 bits per heavy atom. The van der Waals surface area contributed by atoms with E-state index in [0.29, 0.717) is 33.5 Å². The van der Waals surface area contributed by atoms with Crippen LogP contribution in [0.3, 0.4) is 0 Å². The largest absolute Gasteiger partial charge is 0.461 e. The van der Waals surface area contributed by atoms with E-state index in [0.717, 1.165) is 11.3 Å². The Morgan fingerprint density at radius 1 is 1.04 bits per heavy atom. The Kier molecular flexibility index (Phi) is 4.93. The standard InChI is InChI=1S/C19H15Cl2NO2/c1-2-24-19(23)18-14(13-9-6-10-15(20)17(13)21)11-16(22-18)12-7-4-3-5-8-12/h3-11,22H,2H2,1H3. The number of hydrogen-bond acceptors (Lipinski definition) is 2. The van der Waals surface area contributed by atoms with Crippen molar-refractivity contribution in [2.24, 2.45) is 0 Å². The number of hydrogen-bond donors (Lipinski definition) is 1. The van der Waals surface area contributed by atoms with Crippen molar-refractivity contribution in [3.05, 3.63) is 70.3 Å². The highest BCUT2D eigenvalue weighted by atomic mass is 35.5. The fourth-order valence-electron chi connectivity index (χ4n) is 2.52. The van der Waals surface area contributed by atoms with Gasteiger partial charge in [-0.2, -0.15) is 0 Å². The molecule has 0 spiro atoms. The van der Waals surface area contributed by atoms with Gasteiger partial charge in [0.25, 0.3) is 0 Å². The van der Waals surface area contributed by atoms with Crippen LogP contribution in [0.1, 0.15) is 17.4 Å². The van der Waals surface area contributed by atoms with Gasteiger partial charge in [0.05, 0.1) is 16.7 Å². The number of benzene rings is 2. The zero-order valence-corrected chi connectivity index (χ0v) is 14.5. The molecule has 122 valence electrons. The van der Waals surface area contributed by atoms with Gasteiger partial charge in [-0.15, -0.1) is 0 Å². The summed E-state index contributed by atoms with van der Waals surface area (Å²) in [7, 11) is 0. The van der Waals surface area contributed by atoms with Crippen LogP contribution in [0.25, 0.3) is 22.4 Å². The average Bonchev–Trinajstić information content (AvgIpc) is 3.03. The first-order valence-corrected chi connectivity index (χ1v) is 8.27. The molecule has 0 radical (unpaired) electrons. The van der Waals surface area contributed by atoms with Crippen molar-refractivity contribution >= 4 is 29.2 Å². The highest BCUT2D eigenvalue weighted by molar-refractivity contribution is 6.43. The summed E-state index contributed by atoms with van der Waals surface area (Å²) in [5.74, 6) is -0.425. The highest BCUT2D eigenvalue weighted by Gasteiger charge is 2.21. The van der Waals surface area contributed by atoms with Crippen LogP contribution in [-0.2, 0) is 4.74 Å². The van der Waals surface area contributed by atoms with Gasteiger partial charge < -0.3 is 9.72 Å². The van der Waals surface area contributed by atoms with Gasteiger partial charge in [-0.1, -0.05) is 65.7 Å². The molecule has 0 bridgehead atoms. The lowest BCUT2D eigenvalue weighted by molar-refractivity contribution is 0.0521. The van der Waals surface area contributed by atoms with Crippen LogP contribution in [0, 0.1) is 0 Å². The van der Waals surface area contributed by atoms with Gasteiger partial charge in [0.15, 0.2) is 0 Å². The zero-order chi connectivity index (χ0) is 17.1. The van der Waals surface area contributed by atoms with E-state index in [2.05, 4.69) is 4.98 Å². The minimum atomic E-state index is -0.425. The molecule has 0 aliphatic carbocycles. The van der Waals surface area contributed by atoms with E-state index in [9.17, 15) is 4.79 Å². The summed E-state index contributed by atoms with van der Waals surface area (Å²) in [6, 6.07) is 17.0. The van der Waals surface area contributed by atoms with Crippen LogP contribution >= 0.6 is 23.2 Å². The topological polar surface area (TPSA) is 42.1 Å². The summed E-state index contributed by atoms with van der Waals surface area (Å²) in [5, 5.41) is 0.842. The molecule has 2 aromatic carbocycles. The van der Waals surface area contributed by atoms with Crippen LogP contribution in [-0.4, -0.2) is 17.6 Å². The average molecular weight is 360 g/mol. The number of carbonyl (C=O) groups excluding carboxylic acids is 1. The van der Waals surface area contributed by atoms with E-state index >= 15 is 0 Å². The molecule has 0 fully saturated rings. The molecule has 3 rings (SSSR count). The molecule has 1 N–H and O–H groups in total. The lowest BCUT2D eigenvalue weighted by Crippen LogP contribution is -2.06. The van der Waals surface area contributed by atoms with Crippen molar-refractivity contribution in [2.45, 2.75) is 6.92 Å². The Morgan fingerprint density at radius 2 is 1.79 bits per heavy atom. The summed E-state index contributed by atoms with van der Waals surface area (Å²) in [5.41, 5.74) is 3.49. The first-order chi connectivity index (χ1) is 11.6. The van der Waals surface area contributed by atoms with E-state index < -0.39 is 5.97 Å². The van der Waals surface area contributed by atoms with Crippen molar-refractivity contribution in [3.8, 4) is 22.4 Å². The van der Waals surface area contributed by atoms with Crippen LogP contribution in [0.2, 0.25) is 10.0 Å². The van der Waals surface area contributed by atoms with Gasteiger partial charge in [0.1, 0.15) is 5.69 Å². The van der Waals surface area contributed by atoms with E-state index in [4.69, 9.17) is 27.9 Å². The number of nitrogens with one attached hydrogen (secondary N) is 1. The Balaban J connectivity index is 2.18. The lowest BCUT2D eigenvalue weighted by Gasteiger charge is -2.07. The summed E-state index contributed by atoms with van der Waals surface area (Å²) in [6.07, 6.45) is 0. The molecule has 0 atom stereocenters. The second kappa shape index (κ2) is 7.12. The molecule has 0 unspecified atom stereocenters.